The Kier molecular flexibility index (Phi) is 7.54. The van der Waals surface area contributed by atoms with Crippen molar-refractivity contribution in [1.29, 1.82) is 0 Å². The van der Waals surface area contributed by atoms with Gasteiger partial charge in [-0.1, -0.05) is 54.6 Å². The van der Waals surface area contributed by atoms with E-state index in [1.54, 1.807) is 0 Å². The van der Waals surface area contributed by atoms with Gasteiger partial charge in [0.15, 0.2) is 5.96 Å². The Balaban J connectivity index is 0.00000220. The third-order valence-corrected chi connectivity index (χ3v) is 3.10. The molecule has 0 fully saturated rings. The quantitative estimate of drug-likeness (QED) is 0.643. The second kappa shape index (κ2) is 9.19. The average molecular weight is 348 g/mol. The summed E-state index contributed by atoms with van der Waals surface area (Å²) in [5.74, 6) is 0.522. The number of benzene rings is 2. The summed E-state index contributed by atoms with van der Waals surface area (Å²) < 4.78 is 0. The van der Waals surface area contributed by atoms with E-state index in [-0.39, 0.29) is 17.0 Å². The molecule has 0 radical (unpaired) electrons. The van der Waals surface area contributed by atoms with Gasteiger partial charge in [-0.05, 0) is 30.0 Å². The maximum atomic E-state index is 5.69. The second-order valence-corrected chi connectivity index (χ2v) is 4.61. The molecule has 0 aliphatic rings. The lowest BCUT2D eigenvalue weighted by Crippen LogP contribution is -2.31. The van der Waals surface area contributed by atoms with E-state index in [1.165, 1.54) is 16.7 Å². The number of hydrogen-bond donors (Lipinski definition) is 2. The third kappa shape index (κ3) is 5.60. The van der Waals surface area contributed by atoms with Gasteiger partial charge in [0.2, 0.25) is 0 Å². The topological polar surface area (TPSA) is 50.4 Å². The van der Waals surface area contributed by atoms with Crippen molar-refractivity contribution in [2.75, 3.05) is 13.1 Å². The number of guanidine groups is 1. The van der Waals surface area contributed by atoms with Gasteiger partial charge in [-0.3, -0.25) is 4.99 Å². The summed E-state index contributed by atoms with van der Waals surface area (Å²) in [6.45, 7) is 3.52. The van der Waals surface area contributed by atoms with E-state index in [4.69, 9.17) is 5.73 Å². The molecule has 0 bridgehead atoms. The predicted molar refractivity (Wildman–Crippen MR) is 96.1 cm³/mol. The van der Waals surface area contributed by atoms with Crippen LogP contribution in [0.25, 0.3) is 11.1 Å². The minimum Gasteiger partial charge on any atom is -0.370 e. The van der Waals surface area contributed by atoms with Gasteiger partial charge in [-0.25, -0.2) is 0 Å². The maximum absolute atomic E-state index is 5.69. The van der Waals surface area contributed by atoms with E-state index in [0.717, 1.165) is 13.0 Å². The summed E-state index contributed by atoms with van der Waals surface area (Å²) in [6, 6.07) is 19.0. The molecule has 0 atom stereocenters. The fourth-order valence-electron chi connectivity index (χ4n) is 2.04. The van der Waals surface area contributed by atoms with E-state index in [1.807, 2.05) is 13.0 Å². The highest BCUT2D eigenvalue weighted by atomic mass is 79.9. The summed E-state index contributed by atoms with van der Waals surface area (Å²) in [6.07, 6.45) is 0.904. The molecule has 21 heavy (non-hydrogen) atoms. The molecule has 112 valence electrons. The van der Waals surface area contributed by atoms with Crippen molar-refractivity contribution in [3.63, 3.8) is 0 Å². The molecule has 0 saturated heterocycles. The van der Waals surface area contributed by atoms with Crippen LogP contribution in [0.2, 0.25) is 0 Å². The highest BCUT2D eigenvalue weighted by Crippen LogP contribution is 2.19. The summed E-state index contributed by atoms with van der Waals surface area (Å²) in [5.41, 5.74) is 9.45. The van der Waals surface area contributed by atoms with Crippen molar-refractivity contribution >= 4 is 22.9 Å². The van der Waals surface area contributed by atoms with Gasteiger partial charge >= 0.3 is 0 Å². The Morgan fingerprint density at radius 3 is 2.24 bits per heavy atom. The Bertz CT molecular complexity index is 550. The number of nitrogens with one attached hydrogen (secondary N) is 1. The zero-order valence-electron chi connectivity index (χ0n) is 12.3. The molecule has 0 heterocycles. The Morgan fingerprint density at radius 1 is 1.00 bits per heavy atom. The number of nitrogens with zero attached hydrogens (tertiary/aromatic N) is 1. The third-order valence-electron chi connectivity index (χ3n) is 3.10. The average Bonchev–Trinajstić information content (AvgIpc) is 2.49. The van der Waals surface area contributed by atoms with Gasteiger partial charge in [0.1, 0.15) is 0 Å². The van der Waals surface area contributed by atoms with E-state index in [9.17, 15) is 0 Å². The van der Waals surface area contributed by atoms with Crippen molar-refractivity contribution in [2.24, 2.45) is 10.7 Å². The second-order valence-electron chi connectivity index (χ2n) is 4.61. The number of aliphatic imine (C=N–C) groups is 1. The Labute approximate surface area is 137 Å². The first kappa shape index (κ1) is 17.2. The van der Waals surface area contributed by atoms with Crippen molar-refractivity contribution < 1.29 is 0 Å². The van der Waals surface area contributed by atoms with Crippen molar-refractivity contribution in [1.82, 2.24) is 5.32 Å². The molecule has 2 aromatic rings. The number of rotatable bonds is 5. The van der Waals surface area contributed by atoms with Crippen molar-refractivity contribution in [3.8, 4) is 11.1 Å². The first-order valence-corrected chi connectivity index (χ1v) is 6.97. The molecule has 0 aromatic heterocycles. The van der Waals surface area contributed by atoms with E-state index in [2.05, 4.69) is 58.8 Å². The van der Waals surface area contributed by atoms with Gasteiger partial charge < -0.3 is 11.1 Å². The summed E-state index contributed by atoms with van der Waals surface area (Å²) >= 11 is 0. The van der Waals surface area contributed by atoms with E-state index < -0.39 is 0 Å². The van der Waals surface area contributed by atoms with Crippen LogP contribution in [0.3, 0.4) is 0 Å². The van der Waals surface area contributed by atoms with Gasteiger partial charge in [-0.2, -0.15) is 0 Å². The van der Waals surface area contributed by atoms with Gasteiger partial charge in [0, 0.05) is 13.1 Å². The Hall–Kier alpha value is -1.81. The molecule has 0 amide bonds. The molecule has 3 N–H and O–H groups in total. The lowest BCUT2D eigenvalue weighted by Gasteiger charge is -2.04. The molecule has 0 spiro atoms. The number of nitrogens with two attached hydrogens (primary N) is 1. The van der Waals surface area contributed by atoms with Gasteiger partial charge in [0.05, 0.1) is 0 Å². The van der Waals surface area contributed by atoms with Crippen molar-refractivity contribution in [3.05, 3.63) is 60.2 Å². The van der Waals surface area contributed by atoms with Crippen LogP contribution < -0.4 is 11.1 Å². The van der Waals surface area contributed by atoms with Crippen LogP contribution in [0.1, 0.15) is 12.5 Å². The first-order chi connectivity index (χ1) is 9.79. The summed E-state index contributed by atoms with van der Waals surface area (Å²) in [4.78, 5) is 4.27. The molecular weight excluding hydrogens is 326 g/mol. The molecule has 0 aliphatic heterocycles. The van der Waals surface area contributed by atoms with E-state index in [0.29, 0.717) is 12.5 Å². The summed E-state index contributed by atoms with van der Waals surface area (Å²) in [7, 11) is 0. The molecule has 0 saturated carbocycles. The van der Waals surface area contributed by atoms with Crippen LogP contribution in [0, 0.1) is 0 Å². The molecule has 0 aliphatic carbocycles. The maximum Gasteiger partial charge on any atom is 0.188 e. The lowest BCUT2D eigenvalue weighted by molar-refractivity contribution is 0.906. The molecule has 2 rings (SSSR count). The molecule has 2 aromatic carbocycles. The smallest absolute Gasteiger partial charge is 0.188 e. The zero-order valence-corrected chi connectivity index (χ0v) is 14.0. The number of hydrogen-bond acceptors (Lipinski definition) is 1. The van der Waals surface area contributed by atoms with E-state index >= 15 is 0 Å². The van der Waals surface area contributed by atoms with Crippen LogP contribution in [0.15, 0.2) is 59.6 Å². The standard InChI is InChI=1S/C17H21N3.BrH/c1-2-19-17(18)20-13-12-14-8-10-16(11-9-14)15-6-4-3-5-7-15;/h3-11H,2,12-13H2,1H3,(H3,18,19,20);1H. The Morgan fingerprint density at radius 2 is 1.62 bits per heavy atom. The highest BCUT2D eigenvalue weighted by molar-refractivity contribution is 8.93. The molecule has 3 nitrogen and oxygen atoms in total. The zero-order chi connectivity index (χ0) is 14.2. The fourth-order valence-corrected chi connectivity index (χ4v) is 2.04. The van der Waals surface area contributed by atoms with Gasteiger partial charge in [0.25, 0.3) is 0 Å². The van der Waals surface area contributed by atoms with Crippen LogP contribution in [0.5, 0.6) is 0 Å². The summed E-state index contributed by atoms with van der Waals surface area (Å²) in [5, 5.41) is 2.99. The van der Waals surface area contributed by atoms with Crippen LogP contribution >= 0.6 is 17.0 Å². The molecule has 0 unspecified atom stereocenters. The van der Waals surface area contributed by atoms with Crippen LogP contribution in [-0.4, -0.2) is 19.0 Å². The monoisotopic (exact) mass is 347 g/mol. The molecule has 4 heteroatoms. The normalized spacial score (nSPS) is 10.8. The SMILES string of the molecule is Br.CCNC(N)=NCCc1ccc(-c2ccccc2)cc1. The van der Waals surface area contributed by atoms with Crippen molar-refractivity contribution in [2.45, 2.75) is 13.3 Å². The predicted octanol–water partition coefficient (Wildman–Crippen LogP) is 3.40. The van der Waals surface area contributed by atoms with Crippen LogP contribution in [0.4, 0.5) is 0 Å². The minimum atomic E-state index is 0. The fraction of sp³-hybridized carbons (Fsp3) is 0.235. The van der Waals surface area contributed by atoms with Crippen LogP contribution in [-0.2, 0) is 6.42 Å². The molecular formula is C17H22BrN3. The van der Waals surface area contributed by atoms with Gasteiger partial charge in [-0.15, -0.1) is 17.0 Å². The lowest BCUT2D eigenvalue weighted by atomic mass is 10.0. The highest BCUT2D eigenvalue weighted by Gasteiger charge is 1.97. The number of halogens is 1. The largest absolute Gasteiger partial charge is 0.370 e. The first-order valence-electron chi connectivity index (χ1n) is 6.97. The minimum absolute atomic E-state index is 0.